The lowest BCUT2D eigenvalue weighted by atomic mass is 10.1. The molecule has 1 fully saturated rings. The predicted molar refractivity (Wildman–Crippen MR) is 119 cm³/mol. The molecule has 0 bridgehead atoms. The molecule has 3 aromatic rings. The minimum absolute atomic E-state index is 0.0392. The Bertz CT molecular complexity index is 1340. The lowest BCUT2D eigenvalue weighted by Gasteiger charge is -2.26. The van der Waals surface area contributed by atoms with Crippen LogP contribution in [0.5, 0.6) is 5.75 Å². The van der Waals surface area contributed by atoms with Gasteiger partial charge in [0.25, 0.3) is 5.91 Å². The van der Waals surface area contributed by atoms with Gasteiger partial charge in [-0.05, 0) is 46.7 Å². The zero-order valence-corrected chi connectivity index (χ0v) is 17.9. The second-order valence-electron chi connectivity index (χ2n) is 7.19. The number of carbonyl (C=O) groups is 1. The third-order valence-electron chi connectivity index (χ3n) is 5.03. The number of ether oxygens (including phenoxy) is 1. The van der Waals surface area contributed by atoms with Gasteiger partial charge in [0, 0.05) is 13.1 Å². The minimum atomic E-state index is -4.06. The minimum Gasteiger partial charge on any atom is -0.379 e. The molecule has 32 heavy (non-hydrogen) atoms. The summed E-state index contributed by atoms with van der Waals surface area (Å²) in [4.78, 5) is 14.2. The van der Waals surface area contributed by atoms with Gasteiger partial charge in [0.2, 0.25) is 0 Å². The molecule has 0 aromatic heterocycles. The maximum Gasteiger partial charge on any atom is 0.339 e. The number of amides is 1. The molecule has 162 valence electrons. The van der Waals surface area contributed by atoms with Crippen molar-refractivity contribution in [2.75, 3.05) is 26.3 Å². The van der Waals surface area contributed by atoms with Crippen molar-refractivity contribution in [3.05, 3.63) is 77.9 Å². The first-order valence-corrected chi connectivity index (χ1v) is 11.4. The van der Waals surface area contributed by atoms with Crippen LogP contribution in [0.15, 0.2) is 77.2 Å². The number of hydrogen-bond donors (Lipinski definition) is 0. The highest BCUT2D eigenvalue weighted by Crippen LogP contribution is 2.24. The molecular formula is C24H20N2O5S. The first-order chi connectivity index (χ1) is 15.5. The quantitative estimate of drug-likeness (QED) is 0.337. The summed E-state index contributed by atoms with van der Waals surface area (Å²) in [6, 6.07) is 20.4. The van der Waals surface area contributed by atoms with Crippen LogP contribution in [0.3, 0.4) is 0 Å². The van der Waals surface area contributed by atoms with E-state index in [1.807, 2.05) is 30.3 Å². The summed E-state index contributed by atoms with van der Waals surface area (Å²) >= 11 is 0. The Morgan fingerprint density at radius 1 is 1.00 bits per heavy atom. The molecule has 1 amide bonds. The fourth-order valence-corrected chi connectivity index (χ4v) is 4.36. The summed E-state index contributed by atoms with van der Waals surface area (Å²) in [5.41, 5.74) is 0.441. The van der Waals surface area contributed by atoms with Gasteiger partial charge in [-0.15, -0.1) is 0 Å². The van der Waals surface area contributed by atoms with Crippen LogP contribution in [0, 0.1) is 11.3 Å². The molecule has 0 aliphatic carbocycles. The summed E-state index contributed by atoms with van der Waals surface area (Å²) in [6.45, 7) is 1.71. The first-order valence-electron chi connectivity index (χ1n) is 9.98. The average Bonchev–Trinajstić information content (AvgIpc) is 2.82. The Morgan fingerprint density at radius 2 is 1.75 bits per heavy atom. The van der Waals surface area contributed by atoms with E-state index >= 15 is 0 Å². The van der Waals surface area contributed by atoms with Crippen molar-refractivity contribution in [1.29, 1.82) is 5.26 Å². The average molecular weight is 449 g/mol. The number of nitriles is 1. The molecule has 3 aromatic carbocycles. The van der Waals surface area contributed by atoms with Crippen LogP contribution in [0.25, 0.3) is 16.8 Å². The highest BCUT2D eigenvalue weighted by molar-refractivity contribution is 7.87. The topological polar surface area (TPSA) is 96.7 Å². The van der Waals surface area contributed by atoms with Crippen molar-refractivity contribution >= 4 is 32.9 Å². The van der Waals surface area contributed by atoms with Crippen LogP contribution in [0.1, 0.15) is 5.56 Å². The van der Waals surface area contributed by atoms with Crippen molar-refractivity contribution in [3.63, 3.8) is 0 Å². The lowest BCUT2D eigenvalue weighted by molar-refractivity contribution is -0.130. The van der Waals surface area contributed by atoms with E-state index in [1.165, 1.54) is 24.3 Å². The molecule has 4 rings (SSSR count). The molecular weight excluding hydrogens is 428 g/mol. The van der Waals surface area contributed by atoms with E-state index in [9.17, 15) is 18.5 Å². The Hall–Kier alpha value is -3.67. The SMILES string of the molecule is N#C/C(=C\c1cccc(OS(=O)(=O)c2ccc3ccccc3c2)c1)C(=O)N1CCOCC1. The van der Waals surface area contributed by atoms with Gasteiger partial charge in [-0.2, -0.15) is 13.7 Å². The zero-order chi connectivity index (χ0) is 22.6. The third kappa shape index (κ3) is 4.80. The van der Waals surface area contributed by atoms with Crippen molar-refractivity contribution in [1.82, 2.24) is 4.90 Å². The molecule has 1 heterocycles. The van der Waals surface area contributed by atoms with Crippen LogP contribution in [0.4, 0.5) is 0 Å². The summed E-state index contributed by atoms with van der Waals surface area (Å²) in [7, 11) is -4.06. The number of rotatable bonds is 5. The molecule has 0 unspecified atom stereocenters. The smallest absolute Gasteiger partial charge is 0.339 e. The maximum atomic E-state index is 12.8. The summed E-state index contributed by atoms with van der Waals surface area (Å²) < 4.78 is 36.1. The third-order valence-corrected chi connectivity index (χ3v) is 6.28. The van der Waals surface area contributed by atoms with Crippen molar-refractivity contribution in [2.24, 2.45) is 0 Å². The largest absolute Gasteiger partial charge is 0.379 e. The highest BCUT2D eigenvalue weighted by atomic mass is 32.2. The van der Waals surface area contributed by atoms with E-state index in [2.05, 4.69) is 0 Å². The number of benzene rings is 3. The molecule has 0 spiro atoms. The molecule has 1 aliphatic heterocycles. The molecule has 7 nitrogen and oxygen atoms in total. The summed E-state index contributed by atoms with van der Waals surface area (Å²) in [5.74, 6) is -0.297. The Labute approximate surface area is 186 Å². The monoisotopic (exact) mass is 448 g/mol. The van der Waals surface area contributed by atoms with E-state index in [0.29, 0.717) is 31.9 Å². The van der Waals surface area contributed by atoms with Gasteiger partial charge in [0.15, 0.2) is 0 Å². The standard InChI is InChI=1S/C24H20N2O5S/c25-17-21(24(27)26-10-12-30-13-11-26)14-18-4-3-7-22(15-18)31-32(28,29)23-9-8-19-5-1-2-6-20(19)16-23/h1-9,14-16H,10-13H2/b21-14+. The Kier molecular flexibility index (Phi) is 6.21. The number of carbonyl (C=O) groups excluding carboxylic acids is 1. The van der Waals surface area contributed by atoms with Crippen molar-refractivity contribution in [2.45, 2.75) is 4.90 Å². The highest BCUT2D eigenvalue weighted by Gasteiger charge is 2.21. The maximum absolute atomic E-state index is 12.8. The van der Waals surface area contributed by atoms with E-state index in [4.69, 9.17) is 8.92 Å². The van der Waals surface area contributed by atoms with Gasteiger partial charge in [0.05, 0.1) is 13.2 Å². The fraction of sp³-hybridized carbons (Fsp3) is 0.167. The Morgan fingerprint density at radius 3 is 2.50 bits per heavy atom. The number of fused-ring (bicyclic) bond motifs is 1. The molecule has 0 N–H and O–H groups in total. The van der Waals surface area contributed by atoms with Gasteiger partial charge in [-0.25, -0.2) is 0 Å². The van der Waals surface area contributed by atoms with Gasteiger partial charge in [0.1, 0.15) is 22.3 Å². The molecule has 0 saturated carbocycles. The van der Waals surface area contributed by atoms with Gasteiger partial charge >= 0.3 is 10.1 Å². The van der Waals surface area contributed by atoms with E-state index in [0.717, 1.165) is 10.8 Å². The second-order valence-corrected chi connectivity index (χ2v) is 8.74. The van der Waals surface area contributed by atoms with E-state index in [-0.39, 0.29) is 22.1 Å². The van der Waals surface area contributed by atoms with Gasteiger partial charge in [-0.3, -0.25) is 4.79 Å². The number of morpholine rings is 1. The van der Waals surface area contributed by atoms with Crippen LogP contribution in [-0.2, 0) is 19.6 Å². The molecule has 0 atom stereocenters. The van der Waals surface area contributed by atoms with Gasteiger partial charge < -0.3 is 13.8 Å². The predicted octanol–water partition coefficient (Wildman–Crippen LogP) is 3.37. The number of nitrogens with zero attached hydrogens (tertiary/aromatic N) is 2. The second kappa shape index (κ2) is 9.22. The van der Waals surface area contributed by atoms with E-state index < -0.39 is 10.1 Å². The van der Waals surface area contributed by atoms with Gasteiger partial charge in [-0.1, -0.05) is 42.5 Å². The summed E-state index contributed by atoms with van der Waals surface area (Å²) in [6.07, 6.45) is 1.42. The van der Waals surface area contributed by atoms with E-state index in [1.54, 1.807) is 29.2 Å². The molecule has 0 radical (unpaired) electrons. The van der Waals surface area contributed by atoms with Crippen molar-refractivity contribution in [3.8, 4) is 11.8 Å². The van der Waals surface area contributed by atoms with Crippen LogP contribution in [-0.4, -0.2) is 45.5 Å². The normalized spacial score (nSPS) is 14.7. The lowest BCUT2D eigenvalue weighted by Crippen LogP contribution is -2.41. The molecule has 1 saturated heterocycles. The Balaban J connectivity index is 1.57. The van der Waals surface area contributed by atoms with Crippen LogP contribution in [0.2, 0.25) is 0 Å². The zero-order valence-electron chi connectivity index (χ0n) is 17.1. The van der Waals surface area contributed by atoms with Crippen LogP contribution >= 0.6 is 0 Å². The molecule has 8 heteroatoms. The first kappa shape index (κ1) is 21.6. The fourth-order valence-electron chi connectivity index (χ4n) is 3.40. The van der Waals surface area contributed by atoms with Crippen LogP contribution < -0.4 is 4.18 Å². The number of hydrogen-bond acceptors (Lipinski definition) is 6. The van der Waals surface area contributed by atoms with Crippen molar-refractivity contribution < 1.29 is 22.1 Å². The molecule has 1 aliphatic rings. The summed E-state index contributed by atoms with van der Waals surface area (Å²) in [5, 5.41) is 11.2.